The number of morpholine rings is 1. The number of fused-ring (bicyclic) bond motifs is 1. The molecule has 0 aromatic rings. The zero-order chi connectivity index (χ0) is 15.3. The number of ether oxygens (including phenoxy) is 1. The lowest BCUT2D eigenvalue weighted by molar-refractivity contribution is -0.148. The fourth-order valence-electron chi connectivity index (χ4n) is 4.34. The monoisotopic (exact) mass is 304 g/mol. The summed E-state index contributed by atoms with van der Waals surface area (Å²) in [5.41, 5.74) is 0. The SMILES string of the molecule is O=C(CN1C(=O)[C@H]2[C@H](C1=O)[C@H]1C=C[C@H]2CC1)N1CCOCC1. The van der Waals surface area contributed by atoms with Crippen LogP contribution in [0.15, 0.2) is 12.2 Å². The van der Waals surface area contributed by atoms with Crippen molar-refractivity contribution in [3.8, 4) is 0 Å². The maximum Gasteiger partial charge on any atom is 0.242 e. The number of amides is 3. The summed E-state index contributed by atoms with van der Waals surface area (Å²) in [5.74, 6) is -0.539. The van der Waals surface area contributed by atoms with Crippen molar-refractivity contribution in [1.82, 2.24) is 9.80 Å². The Morgan fingerprint density at radius 1 is 1.05 bits per heavy atom. The van der Waals surface area contributed by atoms with E-state index >= 15 is 0 Å². The van der Waals surface area contributed by atoms with E-state index in [0.29, 0.717) is 26.3 Å². The highest BCUT2D eigenvalue weighted by molar-refractivity contribution is 6.08. The zero-order valence-electron chi connectivity index (χ0n) is 12.4. The fraction of sp³-hybridized carbons (Fsp3) is 0.688. The Labute approximate surface area is 129 Å². The van der Waals surface area contributed by atoms with Gasteiger partial charge in [-0.15, -0.1) is 0 Å². The maximum atomic E-state index is 12.6. The Bertz CT molecular complexity index is 520. The summed E-state index contributed by atoms with van der Waals surface area (Å²) in [6, 6.07) is 0. The molecule has 4 atom stereocenters. The predicted octanol–water partition coefficient (Wildman–Crippen LogP) is 0.0424. The van der Waals surface area contributed by atoms with E-state index in [-0.39, 0.29) is 47.9 Å². The lowest BCUT2D eigenvalue weighted by Gasteiger charge is -2.38. The number of likely N-dealkylation sites (tertiary alicyclic amines) is 1. The second-order valence-electron chi connectivity index (χ2n) is 6.60. The highest BCUT2D eigenvalue weighted by Gasteiger charge is 2.56. The summed E-state index contributed by atoms with van der Waals surface area (Å²) in [6.07, 6.45) is 6.14. The molecule has 2 saturated heterocycles. The normalized spacial score (nSPS) is 36.9. The summed E-state index contributed by atoms with van der Waals surface area (Å²) in [4.78, 5) is 40.5. The Kier molecular flexibility index (Phi) is 3.29. The Hall–Kier alpha value is -1.69. The first-order chi connectivity index (χ1) is 10.7. The van der Waals surface area contributed by atoms with E-state index in [1.165, 1.54) is 4.90 Å². The second-order valence-corrected chi connectivity index (χ2v) is 6.60. The van der Waals surface area contributed by atoms with Gasteiger partial charge in [0.1, 0.15) is 6.54 Å². The molecule has 2 heterocycles. The molecule has 2 bridgehead atoms. The van der Waals surface area contributed by atoms with Gasteiger partial charge in [0.05, 0.1) is 25.0 Å². The van der Waals surface area contributed by atoms with E-state index in [4.69, 9.17) is 4.74 Å². The average Bonchev–Trinajstić information content (AvgIpc) is 2.84. The van der Waals surface area contributed by atoms with E-state index in [1.54, 1.807) is 4.90 Å². The van der Waals surface area contributed by atoms with Crippen LogP contribution in [0.2, 0.25) is 0 Å². The van der Waals surface area contributed by atoms with Crippen molar-refractivity contribution in [2.75, 3.05) is 32.8 Å². The van der Waals surface area contributed by atoms with Crippen molar-refractivity contribution in [2.45, 2.75) is 12.8 Å². The molecule has 0 aromatic heterocycles. The molecule has 0 radical (unpaired) electrons. The number of hydrogen-bond acceptors (Lipinski definition) is 4. The third-order valence-corrected chi connectivity index (χ3v) is 5.51. The van der Waals surface area contributed by atoms with Crippen LogP contribution in [0.25, 0.3) is 0 Å². The van der Waals surface area contributed by atoms with Gasteiger partial charge < -0.3 is 9.64 Å². The van der Waals surface area contributed by atoms with Crippen LogP contribution in [0.3, 0.4) is 0 Å². The predicted molar refractivity (Wildman–Crippen MR) is 76.5 cm³/mol. The fourth-order valence-corrected chi connectivity index (χ4v) is 4.34. The van der Waals surface area contributed by atoms with Crippen molar-refractivity contribution in [1.29, 1.82) is 0 Å². The van der Waals surface area contributed by atoms with E-state index < -0.39 is 0 Å². The molecule has 6 heteroatoms. The lowest BCUT2D eigenvalue weighted by Crippen LogP contribution is -2.47. The van der Waals surface area contributed by atoms with Gasteiger partial charge in [-0.25, -0.2) is 0 Å². The largest absolute Gasteiger partial charge is 0.378 e. The van der Waals surface area contributed by atoms with Crippen LogP contribution in [0.1, 0.15) is 12.8 Å². The number of carbonyl (C=O) groups is 3. The molecule has 0 unspecified atom stereocenters. The van der Waals surface area contributed by atoms with Crippen molar-refractivity contribution in [3.05, 3.63) is 12.2 Å². The first-order valence-electron chi connectivity index (χ1n) is 8.06. The summed E-state index contributed by atoms with van der Waals surface area (Å²) in [7, 11) is 0. The zero-order valence-corrected chi connectivity index (χ0v) is 12.4. The minimum absolute atomic E-state index is 0.107. The smallest absolute Gasteiger partial charge is 0.242 e. The molecule has 6 nitrogen and oxygen atoms in total. The van der Waals surface area contributed by atoms with Crippen LogP contribution in [0, 0.1) is 23.7 Å². The van der Waals surface area contributed by atoms with Crippen LogP contribution in [-0.4, -0.2) is 60.4 Å². The molecule has 3 aliphatic carbocycles. The summed E-state index contributed by atoms with van der Waals surface area (Å²) in [6.45, 7) is 2.01. The minimum atomic E-state index is -0.228. The van der Waals surface area contributed by atoms with Gasteiger partial charge in [0.2, 0.25) is 17.7 Å². The Balaban J connectivity index is 1.50. The van der Waals surface area contributed by atoms with E-state index in [0.717, 1.165) is 12.8 Å². The standard InChI is InChI=1S/C16H20N2O4/c19-12(17-5-7-22-8-6-17)9-18-15(20)13-10-1-2-11(4-3-10)14(13)16(18)21/h1-2,10-11,13-14H,3-9H2/t10-,11-,13+,14+/m0/s1. The molecule has 3 fully saturated rings. The van der Waals surface area contributed by atoms with Gasteiger partial charge in [0.25, 0.3) is 0 Å². The first-order valence-corrected chi connectivity index (χ1v) is 8.06. The number of nitrogens with zero attached hydrogens (tertiary/aromatic N) is 2. The minimum Gasteiger partial charge on any atom is -0.378 e. The summed E-state index contributed by atoms with van der Waals surface area (Å²) >= 11 is 0. The molecular formula is C16H20N2O4. The molecule has 0 spiro atoms. The third-order valence-electron chi connectivity index (χ3n) is 5.51. The van der Waals surface area contributed by atoms with Gasteiger partial charge in [-0.2, -0.15) is 0 Å². The number of rotatable bonds is 2. The highest BCUT2D eigenvalue weighted by atomic mass is 16.5. The van der Waals surface area contributed by atoms with Crippen molar-refractivity contribution in [2.24, 2.45) is 23.7 Å². The van der Waals surface area contributed by atoms with Crippen LogP contribution < -0.4 is 0 Å². The maximum absolute atomic E-state index is 12.6. The topological polar surface area (TPSA) is 66.9 Å². The third kappa shape index (κ3) is 2.00. The van der Waals surface area contributed by atoms with Crippen molar-refractivity contribution in [3.63, 3.8) is 0 Å². The Morgan fingerprint density at radius 3 is 2.09 bits per heavy atom. The van der Waals surface area contributed by atoms with E-state index in [2.05, 4.69) is 12.2 Å². The Morgan fingerprint density at radius 2 is 1.59 bits per heavy atom. The van der Waals surface area contributed by atoms with Crippen LogP contribution in [0.4, 0.5) is 0 Å². The molecule has 2 aliphatic heterocycles. The number of carbonyl (C=O) groups excluding carboxylic acids is 3. The van der Waals surface area contributed by atoms with Gasteiger partial charge in [0, 0.05) is 13.1 Å². The second kappa shape index (κ2) is 5.19. The quantitative estimate of drug-likeness (QED) is 0.534. The molecule has 3 amide bonds. The first kappa shape index (κ1) is 13.9. The molecule has 118 valence electrons. The van der Waals surface area contributed by atoms with Gasteiger partial charge in [-0.1, -0.05) is 12.2 Å². The van der Waals surface area contributed by atoms with Crippen molar-refractivity contribution >= 4 is 17.7 Å². The highest BCUT2D eigenvalue weighted by Crippen LogP contribution is 2.49. The van der Waals surface area contributed by atoms with Gasteiger partial charge in [0.15, 0.2) is 0 Å². The van der Waals surface area contributed by atoms with E-state index in [9.17, 15) is 14.4 Å². The molecule has 0 aromatic carbocycles. The molecular weight excluding hydrogens is 284 g/mol. The summed E-state index contributed by atoms with van der Waals surface area (Å²) < 4.78 is 5.23. The number of hydrogen-bond donors (Lipinski definition) is 0. The lowest BCUT2D eigenvalue weighted by atomic mass is 9.63. The summed E-state index contributed by atoms with van der Waals surface area (Å²) in [5, 5.41) is 0. The molecule has 5 aliphatic rings. The van der Waals surface area contributed by atoms with Gasteiger partial charge >= 0.3 is 0 Å². The van der Waals surface area contributed by atoms with Crippen LogP contribution in [-0.2, 0) is 19.1 Å². The van der Waals surface area contributed by atoms with Crippen molar-refractivity contribution < 1.29 is 19.1 Å². The van der Waals surface area contributed by atoms with Crippen LogP contribution in [0.5, 0.6) is 0 Å². The molecule has 0 N–H and O–H groups in total. The molecule has 1 saturated carbocycles. The molecule has 22 heavy (non-hydrogen) atoms. The van der Waals surface area contributed by atoms with E-state index in [1.807, 2.05) is 0 Å². The molecule has 5 rings (SSSR count). The number of imide groups is 1. The van der Waals surface area contributed by atoms with Gasteiger partial charge in [-0.05, 0) is 24.7 Å². The van der Waals surface area contributed by atoms with Crippen LogP contribution >= 0.6 is 0 Å². The number of allylic oxidation sites excluding steroid dienone is 2. The van der Waals surface area contributed by atoms with Gasteiger partial charge in [-0.3, -0.25) is 19.3 Å². The average molecular weight is 304 g/mol.